The molecule has 0 spiro atoms. The number of fused-ring (bicyclic) bond motifs is 2. The van der Waals surface area contributed by atoms with Gasteiger partial charge in [0.15, 0.2) is 0 Å². The fraction of sp³-hybridized carbons (Fsp3) is 0.0588. The molecule has 106 valence electrons. The van der Waals surface area contributed by atoms with Crippen LogP contribution in [0, 0.1) is 6.92 Å². The Kier molecular flexibility index (Phi) is 2.77. The molecule has 22 heavy (non-hydrogen) atoms. The molecular formula is C17H10N2O2S. The van der Waals surface area contributed by atoms with Gasteiger partial charge >= 0.3 is 0 Å². The molecule has 0 N–H and O–H groups in total. The van der Waals surface area contributed by atoms with Gasteiger partial charge in [0.25, 0.3) is 0 Å². The van der Waals surface area contributed by atoms with E-state index < -0.39 is 0 Å². The van der Waals surface area contributed by atoms with Crippen LogP contribution in [0.1, 0.15) is 37.0 Å². The average molecular weight is 306 g/mol. The largest absolute Gasteiger partial charge is 0.287 e. The van der Waals surface area contributed by atoms with Crippen molar-refractivity contribution in [3.8, 4) is 10.6 Å². The number of hydrogen-bond acceptors (Lipinski definition) is 5. The molecule has 0 bridgehead atoms. The van der Waals surface area contributed by atoms with Crippen LogP contribution in [0.4, 0.5) is 0 Å². The molecule has 2 heterocycles. The molecule has 0 unspecified atom stereocenters. The van der Waals surface area contributed by atoms with Crippen molar-refractivity contribution in [1.82, 2.24) is 9.97 Å². The third-order valence-corrected chi connectivity index (χ3v) is 4.77. The molecule has 0 saturated heterocycles. The normalized spacial score (nSPS) is 13.0. The minimum Gasteiger partial charge on any atom is -0.287 e. The van der Waals surface area contributed by atoms with E-state index in [0.717, 1.165) is 11.1 Å². The Balaban J connectivity index is 1.93. The highest BCUT2D eigenvalue weighted by Gasteiger charge is 2.35. The second-order valence-electron chi connectivity index (χ2n) is 5.07. The lowest BCUT2D eigenvalue weighted by Gasteiger charge is -2.13. The first kappa shape index (κ1) is 13.0. The van der Waals surface area contributed by atoms with Gasteiger partial charge in [-0.25, -0.2) is 4.98 Å². The van der Waals surface area contributed by atoms with Crippen LogP contribution in [-0.2, 0) is 0 Å². The number of aryl methyl sites for hydroxylation is 1. The standard InChI is InChI=1S/C17H10N2O2S/c1-9-7-8-18-12-11(9)14(20)13-16(15(12)21)22-17(19-13)10-5-3-2-4-6-10/h2-8H,1H3. The summed E-state index contributed by atoms with van der Waals surface area (Å²) < 4.78 is 0. The van der Waals surface area contributed by atoms with Crippen LogP contribution in [0.15, 0.2) is 42.6 Å². The second-order valence-corrected chi connectivity index (χ2v) is 6.07. The number of aromatic nitrogens is 2. The van der Waals surface area contributed by atoms with Crippen molar-refractivity contribution in [2.75, 3.05) is 0 Å². The Morgan fingerprint density at radius 2 is 1.73 bits per heavy atom. The molecule has 0 radical (unpaired) electrons. The van der Waals surface area contributed by atoms with Crippen LogP contribution in [0.3, 0.4) is 0 Å². The third kappa shape index (κ3) is 1.76. The van der Waals surface area contributed by atoms with E-state index in [1.165, 1.54) is 11.3 Å². The molecule has 0 atom stereocenters. The maximum Gasteiger partial charge on any atom is 0.224 e. The van der Waals surface area contributed by atoms with E-state index in [1.54, 1.807) is 19.2 Å². The Labute approximate surface area is 130 Å². The summed E-state index contributed by atoms with van der Waals surface area (Å²) in [5.41, 5.74) is 2.52. The summed E-state index contributed by atoms with van der Waals surface area (Å²) >= 11 is 1.25. The van der Waals surface area contributed by atoms with Gasteiger partial charge in [0, 0.05) is 11.8 Å². The summed E-state index contributed by atoms with van der Waals surface area (Å²) in [4.78, 5) is 34.2. The number of thiazole rings is 1. The highest BCUT2D eigenvalue weighted by Crippen LogP contribution is 2.35. The lowest BCUT2D eigenvalue weighted by atomic mass is 9.92. The first-order valence-corrected chi connectivity index (χ1v) is 7.59. The number of carbonyl (C=O) groups excluding carboxylic acids is 2. The summed E-state index contributed by atoms with van der Waals surface area (Å²) in [6, 6.07) is 11.3. The fourth-order valence-corrected chi connectivity index (χ4v) is 3.58. The predicted octanol–water partition coefficient (Wildman–Crippen LogP) is 3.29. The third-order valence-electron chi connectivity index (χ3n) is 3.67. The van der Waals surface area contributed by atoms with Crippen LogP contribution in [0.25, 0.3) is 10.6 Å². The molecule has 0 amide bonds. The molecule has 5 heteroatoms. The number of ketones is 2. The van der Waals surface area contributed by atoms with Crippen LogP contribution >= 0.6 is 11.3 Å². The van der Waals surface area contributed by atoms with Crippen molar-refractivity contribution in [2.24, 2.45) is 0 Å². The molecule has 4 nitrogen and oxygen atoms in total. The minimum atomic E-state index is -0.215. The fourth-order valence-electron chi connectivity index (χ4n) is 2.58. The van der Waals surface area contributed by atoms with Gasteiger partial charge in [-0.3, -0.25) is 14.6 Å². The predicted molar refractivity (Wildman–Crippen MR) is 83.4 cm³/mol. The van der Waals surface area contributed by atoms with Crippen LogP contribution in [0.2, 0.25) is 0 Å². The zero-order valence-electron chi connectivity index (χ0n) is 11.7. The second kappa shape index (κ2) is 4.68. The van der Waals surface area contributed by atoms with Gasteiger partial charge < -0.3 is 0 Å². The molecule has 0 fully saturated rings. The minimum absolute atomic E-state index is 0.214. The van der Waals surface area contributed by atoms with E-state index in [4.69, 9.17) is 0 Å². The maximum atomic E-state index is 12.7. The summed E-state index contributed by atoms with van der Waals surface area (Å²) in [5, 5.41) is 0.678. The summed E-state index contributed by atoms with van der Waals surface area (Å²) in [7, 11) is 0. The van der Waals surface area contributed by atoms with Gasteiger partial charge in [-0.15, -0.1) is 11.3 Å². The average Bonchev–Trinajstić information content (AvgIpc) is 2.99. The van der Waals surface area contributed by atoms with Gasteiger partial charge in [-0.2, -0.15) is 0 Å². The smallest absolute Gasteiger partial charge is 0.224 e. The number of hydrogen-bond donors (Lipinski definition) is 0. The lowest BCUT2D eigenvalue weighted by molar-refractivity contribution is 0.0975. The SMILES string of the molecule is Cc1ccnc2c1C(=O)c1nc(-c3ccccc3)sc1C2=O. The van der Waals surface area contributed by atoms with Crippen molar-refractivity contribution >= 4 is 22.9 Å². The Bertz CT molecular complexity index is 929. The van der Waals surface area contributed by atoms with Gasteiger partial charge in [-0.05, 0) is 18.6 Å². The highest BCUT2D eigenvalue weighted by atomic mass is 32.1. The summed E-state index contributed by atoms with van der Waals surface area (Å²) in [6.07, 6.45) is 1.56. The van der Waals surface area contributed by atoms with Crippen molar-refractivity contribution in [3.05, 3.63) is 70.0 Å². The van der Waals surface area contributed by atoms with E-state index in [1.807, 2.05) is 30.3 Å². The Hall–Kier alpha value is -2.66. The van der Waals surface area contributed by atoms with E-state index in [9.17, 15) is 9.59 Å². The van der Waals surface area contributed by atoms with Gasteiger partial charge in [-0.1, -0.05) is 30.3 Å². The quantitative estimate of drug-likeness (QED) is 0.541. The molecular weight excluding hydrogens is 296 g/mol. The topological polar surface area (TPSA) is 59.9 Å². The molecule has 4 rings (SSSR count). The molecule has 1 aliphatic carbocycles. The lowest BCUT2D eigenvalue weighted by Crippen LogP contribution is -2.22. The molecule has 0 saturated carbocycles. The number of pyridine rings is 1. The van der Waals surface area contributed by atoms with Crippen molar-refractivity contribution in [3.63, 3.8) is 0 Å². The van der Waals surface area contributed by atoms with Crippen LogP contribution in [-0.4, -0.2) is 21.5 Å². The van der Waals surface area contributed by atoms with E-state index >= 15 is 0 Å². The first-order chi connectivity index (χ1) is 10.7. The molecule has 0 aliphatic heterocycles. The molecule has 1 aliphatic rings. The maximum absolute atomic E-state index is 12.7. The van der Waals surface area contributed by atoms with Crippen molar-refractivity contribution in [1.29, 1.82) is 0 Å². The van der Waals surface area contributed by atoms with E-state index in [2.05, 4.69) is 9.97 Å². The number of rotatable bonds is 1. The molecule has 3 aromatic rings. The summed E-state index contributed by atoms with van der Waals surface area (Å²) in [6.45, 7) is 1.81. The number of benzene rings is 1. The van der Waals surface area contributed by atoms with E-state index in [-0.39, 0.29) is 23.0 Å². The molecule has 2 aromatic heterocycles. The van der Waals surface area contributed by atoms with E-state index in [0.29, 0.717) is 15.4 Å². The van der Waals surface area contributed by atoms with Crippen LogP contribution in [0.5, 0.6) is 0 Å². The number of carbonyl (C=O) groups is 2. The zero-order valence-corrected chi connectivity index (χ0v) is 12.5. The first-order valence-electron chi connectivity index (χ1n) is 6.78. The highest BCUT2D eigenvalue weighted by molar-refractivity contribution is 7.17. The van der Waals surface area contributed by atoms with Gasteiger partial charge in [0.2, 0.25) is 11.6 Å². The summed E-state index contributed by atoms with van der Waals surface area (Å²) in [5.74, 6) is -0.429. The van der Waals surface area contributed by atoms with Gasteiger partial charge in [0.05, 0.1) is 5.56 Å². The van der Waals surface area contributed by atoms with Gasteiger partial charge in [0.1, 0.15) is 21.3 Å². The monoisotopic (exact) mass is 306 g/mol. The van der Waals surface area contributed by atoms with Crippen LogP contribution < -0.4 is 0 Å². The van der Waals surface area contributed by atoms with Crippen molar-refractivity contribution in [2.45, 2.75) is 6.92 Å². The Morgan fingerprint density at radius 1 is 0.955 bits per heavy atom. The molecule has 1 aromatic carbocycles. The zero-order chi connectivity index (χ0) is 15.3. The number of nitrogens with zero attached hydrogens (tertiary/aromatic N) is 2. The Morgan fingerprint density at radius 3 is 2.50 bits per heavy atom. The van der Waals surface area contributed by atoms with Crippen molar-refractivity contribution < 1.29 is 9.59 Å².